The van der Waals surface area contributed by atoms with Gasteiger partial charge in [0.1, 0.15) is 6.10 Å². The Morgan fingerprint density at radius 3 is 3.00 bits per heavy atom. The smallest absolute Gasteiger partial charge is 0.405 e. The van der Waals surface area contributed by atoms with Gasteiger partial charge in [-0.2, -0.15) is 5.10 Å². The molecule has 0 saturated heterocycles. The molecule has 1 aliphatic carbocycles. The van der Waals surface area contributed by atoms with E-state index in [1.165, 1.54) is 5.56 Å². The number of hydrogen-bond acceptors (Lipinski definition) is 6. The molecule has 0 spiro atoms. The lowest BCUT2D eigenvalue weighted by Crippen LogP contribution is -2.17. The highest BCUT2D eigenvalue weighted by molar-refractivity contribution is 5.66. The maximum absolute atomic E-state index is 11.2. The highest BCUT2D eigenvalue weighted by Crippen LogP contribution is 2.34. The van der Waals surface area contributed by atoms with E-state index < -0.39 is 6.09 Å². The molecule has 1 atom stereocenters. The zero-order valence-electron chi connectivity index (χ0n) is 15.6. The van der Waals surface area contributed by atoms with Crippen LogP contribution >= 0.6 is 0 Å². The van der Waals surface area contributed by atoms with Crippen LogP contribution in [0.2, 0.25) is 0 Å². The van der Waals surface area contributed by atoms with Crippen molar-refractivity contribution in [3.63, 3.8) is 0 Å². The predicted octanol–water partition coefficient (Wildman–Crippen LogP) is 3.48. The van der Waals surface area contributed by atoms with Gasteiger partial charge in [0, 0.05) is 25.0 Å². The Kier molecular flexibility index (Phi) is 4.92. The fraction of sp³-hybridized carbons (Fsp3) is 0.300. The van der Waals surface area contributed by atoms with Crippen LogP contribution in [0.4, 0.5) is 16.4 Å². The monoisotopic (exact) mass is 378 g/mol. The molecule has 8 nitrogen and oxygen atoms in total. The van der Waals surface area contributed by atoms with E-state index in [4.69, 9.17) is 10.5 Å². The lowest BCUT2D eigenvalue weighted by molar-refractivity contribution is 0.101. The van der Waals surface area contributed by atoms with Gasteiger partial charge in [0.25, 0.3) is 0 Å². The first-order valence-corrected chi connectivity index (χ1v) is 9.26. The van der Waals surface area contributed by atoms with Crippen molar-refractivity contribution in [1.82, 2.24) is 19.7 Å². The number of nitrogens with two attached hydrogens (primary N) is 1. The van der Waals surface area contributed by atoms with Crippen LogP contribution in [-0.2, 0) is 18.2 Å². The van der Waals surface area contributed by atoms with E-state index in [1.54, 1.807) is 17.1 Å². The topological polar surface area (TPSA) is 108 Å². The molecule has 3 N–H and O–H groups in total. The molecule has 2 heterocycles. The van der Waals surface area contributed by atoms with E-state index in [9.17, 15) is 4.79 Å². The first kappa shape index (κ1) is 18.0. The van der Waals surface area contributed by atoms with Gasteiger partial charge in [-0.3, -0.25) is 4.68 Å². The lowest BCUT2D eigenvalue weighted by atomic mass is 9.97. The second kappa shape index (κ2) is 7.67. The van der Waals surface area contributed by atoms with Crippen LogP contribution in [0.25, 0.3) is 11.3 Å². The van der Waals surface area contributed by atoms with Crippen molar-refractivity contribution in [3.8, 4) is 11.3 Å². The molecule has 2 aromatic heterocycles. The summed E-state index contributed by atoms with van der Waals surface area (Å²) in [7, 11) is 1.85. The number of fused-ring (bicyclic) bond motifs is 1. The van der Waals surface area contributed by atoms with Crippen LogP contribution in [-0.4, -0.2) is 25.8 Å². The Balaban J connectivity index is 1.62. The van der Waals surface area contributed by atoms with Crippen LogP contribution in [0, 0.1) is 0 Å². The van der Waals surface area contributed by atoms with E-state index in [0.717, 1.165) is 48.2 Å². The summed E-state index contributed by atoms with van der Waals surface area (Å²) in [4.78, 5) is 20.1. The number of amides is 1. The number of carbonyl (C=O) groups excluding carboxylic acids is 1. The number of anilines is 2. The summed E-state index contributed by atoms with van der Waals surface area (Å²) in [6, 6.07) is 8.01. The van der Waals surface area contributed by atoms with Gasteiger partial charge in [-0.05, 0) is 48.9 Å². The number of aryl methyl sites for hydroxylation is 2. The number of rotatable bonds is 4. The Hall–Kier alpha value is -3.42. The number of nitrogens with one attached hydrogen (secondary N) is 1. The van der Waals surface area contributed by atoms with Crippen molar-refractivity contribution >= 4 is 17.7 Å². The van der Waals surface area contributed by atoms with E-state index in [1.807, 2.05) is 31.4 Å². The van der Waals surface area contributed by atoms with Crippen molar-refractivity contribution < 1.29 is 9.53 Å². The molecule has 0 radical (unpaired) electrons. The van der Waals surface area contributed by atoms with E-state index in [0.29, 0.717) is 5.95 Å². The zero-order chi connectivity index (χ0) is 19.5. The maximum Gasteiger partial charge on any atom is 0.405 e. The Labute approximate surface area is 162 Å². The molecule has 1 unspecified atom stereocenters. The van der Waals surface area contributed by atoms with Crippen LogP contribution in [0.5, 0.6) is 0 Å². The van der Waals surface area contributed by atoms with Gasteiger partial charge in [0.2, 0.25) is 5.95 Å². The minimum Gasteiger partial charge on any atom is -0.442 e. The summed E-state index contributed by atoms with van der Waals surface area (Å²) in [5, 5.41) is 7.29. The number of primary amides is 1. The van der Waals surface area contributed by atoms with Crippen LogP contribution in [0.1, 0.15) is 36.5 Å². The summed E-state index contributed by atoms with van der Waals surface area (Å²) >= 11 is 0. The second-order valence-electron chi connectivity index (χ2n) is 6.88. The summed E-state index contributed by atoms with van der Waals surface area (Å²) in [6.45, 7) is 0. The molecule has 0 bridgehead atoms. The average molecular weight is 378 g/mol. The van der Waals surface area contributed by atoms with Crippen LogP contribution in [0.3, 0.4) is 0 Å². The van der Waals surface area contributed by atoms with Gasteiger partial charge in [0.05, 0.1) is 17.6 Å². The largest absolute Gasteiger partial charge is 0.442 e. The minimum absolute atomic E-state index is 0.280. The van der Waals surface area contributed by atoms with E-state index in [2.05, 4.69) is 26.4 Å². The Bertz CT molecular complexity index is 1000. The molecule has 4 rings (SSSR count). The van der Waals surface area contributed by atoms with Crippen LogP contribution < -0.4 is 11.1 Å². The first-order chi connectivity index (χ1) is 13.6. The van der Waals surface area contributed by atoms with Gasteiger partial charge in [0.15, 0.2) is 0 Å². The number of carbonyl (C=O) groups is 1. The predicted molar refractivity (Wildman–Crippen MR) is 105 cm³/mol. The normalized spacial score (nSPS) is 16.1. The molecule has 0 aliphatic heterocycles. The van der Waals surface area contributed by atoms with E-state index >= 15 is 0 Å². The highest BCUT2D eigenvalue weighted by Gasteiger charge is 2.22. The van der Waals surface area contributed by atoms with Gasteiger partial charge in [-0.15, -0.1) is 0 Å². The molecular formula is C20H22N6O2. The molecule has 1 aromatic carbocycles. The second-order valence-corrected chi connectivity index (χ2v) is 6.88. The number of ether oxygens (including phenoxy) is 1. The SMILES string of the molecule is Cn1cc(Nc2nccc(-c3ccc4c(c3)CCCCC4OC(N)=O)n2)cn1. The third-order valence-corrected chi connectivity index (χ3v) is 4.82. The molecule has 0 saturated carbocycles. The van der Waals surface area contributed by atoms with Crippen molar-refractivity contribution in [2.75, 3.05) is 5.32 Å². The van der Waals surface area contributed by atoms with Crippen LogP contribution in [0.15, 0.2) is 42.9 Å². The van der Waals surface area contributed by atoms with Gasteiger partial charge < -0.3 is 15.8 Å². The summed E-state index contributed by atoms with van der Waals surface area (Å²) in [5.74, 6) is 0.510. The van der Waals surface area contributed by atoms with Crippen molar-refractivity contribution in [3.05, 3.63) is 54.0 Å². The fourth-order valence-electron chi connectivity index (χ4n) is 3.55. The standard InChI is InChI=1S/C20H22N6O2/c1-26-12-15(11-23-26)24-20-22-9-8-17(25-20)14-6-7-16-13(10-14)4-2-3-5-18(16)28-19(21)27/h6-12,18H,2-5H2,1H3,(H2,21,27)(H,22,24,25). The Morgan fingerprint density at radius 2 is 2.21 bits per heavy atom. The number of hydrogen-bond donors (Lipinski definition) is 2. The highest BCUT2D eigenvalue weighted by atomic mass is 16.6. The fourth-order valence-corrected chi connectivity index (χ4v) is 3.55. The molecular weight excluding hydrogens is 356 g/mol. The third-order valence-electron chi connectivity index (χ3n) is 4.82. The maximum atomic E-state index is 11.2. The lowest BCUT2D eigenvalue weighted by Gasteiger charge is -2.18. The molecule has 1 aliphatic rings. The number of nitrogens with zero attached hydrogens (tertiary/aromatic N) is 4. The number of benzene rings is 1. The average Bonchev–Trinajstić information content (AvgIpc) is 2.98. The summed E-state index contributed by atoms with van der Waals surface area (Å²) in [6.07, 6.45) is 8.07. The molecule has 1 amide bonds. The van der Waals surface area contributed by atoms with Crippen molar-refractivity contribution in [1.29, 1.82) is 0 Å². The first-order valence-electron chi connectivity index (χ1n) is 9.26. The minimum atomic E-state index is -0.733. The molecule has 28 heavy (non-hydrogen) atoms. The van der Waals surface area contributed by atoms with Crippen molar-refractivity contribution in [2.24, 2.45) is 12.8 Å². The van der Waals surface area contributed by atoms with Gasteiger partial charge >= 0.3 is 6.09 Å². The third kappa shape index (κ3) is 3.95. The summed E-state index contributed by atoms with van der Waals surface area (Å²) < 4.78 is 7.04. The summed E-state index contributed by atoms with van der Waals surface area (Å²) in [5.41, 5.74) is 10.1. The molecule has 8 heteroatoms. The zero-order valence-corrected chi connectivity index (χ0v) is 15.6. The molecule has 3 aromatic rings. The number of aromatic nitrogens is 4. The Morgan fingerprint density at radius 1 is 1.32 bits per heavy atom. The molecule has 0 fully saturated rings. The van der Waals surface area contributed by atoms with Crippen molar-refractivity contribution in [2.45, 2.75) is 31.8 Å². The van der Waals surface area contributed by atoms with Gasteiger partial charge in [-0.1, -0.05) is 12.1 Å². The van der Waals surface area contributed by atoms with E-state index in [-0.39, 0.29) is 6.10 Å². The quantitative estimate of drug-likeness (QED) is 0.673. The molecule has 144 valence electrons. The van der Waals surface area contributed by atoms with Gasteiger partial charge in [-0.25, -0.2) is 14.8 Å².